The second kappa shape index (κ2) is 8.06. The molecule has 2 heterocycles. The van der Waals surface area contributed by atoms with Crippen LogP contribution in [0.25, 0.3) is 0 Å². The van der Waals surface area contributed by atoms with Gasteiger partial charge in [0.25, 0.3) is 0 Å². The average Bonchev–Trinajstić information content (AvgIpc) is 2.67. The second-order valence-electron chi connectivity index (χ2n) is 8.41. The Hall–Kier alpha value is -1.35. The standard InChI is InChI=1S/C21H29F3N2O3/c1-25-11-12-26-14-17(15-7-6-8-16(13-15)28-21(22,23)24)20(9-4-3-5-10-20)29-19(26)18(25)27-2/h6-8,13,17-19H,3-5,9-12,14H2,1-2H3/t17-,18+,19-/m1/s1. The number of nitrogens with zero attached hydrogens (tertiary/aromatic N) is 2. The van der Waals surface area contributed by atoms with Gasteiger partial charge in [-0.25, -0.2) is 0 Å². The molecule has 4 rings (SSSR count). The minimum absolute atomic E-state index is 0.00301. The molecule has 0 radical (unpaired) electrons. The number of likely N-dealkylation sites (N-methyl/N-ethyl adjacent to an activating group) is 1. The van der Waals surface area contributed by atoms with E-state index in [-0.39, 0.29) is 29.7 Å². The van der Waals surface area contributed by atoms with Gasteiger partial charge < -0.3 is 14.2 Å². The quantitative estimate of drug-likeness (QED) is 0.748. The second-order valence-corrected chi connectivity index (χ2v) is 8.41. The van der Waals surface area contributed by atoms with Crippen LogP contribution < -0.4 is 4.74 Å². The summed E-state index contributed by atoms with van der Waals surface area (Å²) in [5, 5.41) is 0. The zero-order chi connectivity index (χ0) is 20.6. The lowest BCUT2D eigenvalue weighted by atomic mass is 9.71. The fraction of sp³-hybridized carbons (Fsp3) is 0.714. The van der Waals surface area contributed by atoms with Crippen LogP contribution in [-0.2, 0) is 9.47 Å². The number of halogens is 3. The van der Waals surface area contributed by atoms with Crippen LogP contribution in [0, 0.1) is 0 Å². The molecular weight excluding hydrogens is 385 g/mol. The fourth-order valence-corrected chi connectivity index (χ4v) is 5.24. The zero-order valence-corrected chi connectivity index (χ0v) is 17.0. The van der Waals surface area contributed by atoms with Crippen LogP contribution in [0.5, 0.6) is 5.75 Å². The van der Waals surface area contributed by atoms with Gasteiger partial charge in [-0.15, -0.1) is 13.2 Å². The number of benzene rings is 1. The van der Waals surface area contributed by atoms with Crippen LogP contribution in [0.2, 0.25) is 0 Å². The molecular formula is C21H29F3N2O3. The molecule has 3 atom stereocenters. The van der Waals surface area contributed by atoms with Crippen molar-refractivity contribution in [2.24, 2.45) is 0 Å². The predicted molar refractivity (Wildman–Crippen MR) is 102 cm³/mol. The third-order valence-corrected chi connectivity index (χ3v) is 6.62. The number of rotatable bonds is 3. The number of piperazine rings is 1. The van der Waals surface area contributed by atoms with Gasteiger partial charge in [-0.1, -0.05) is 31.4 Å². The van der Waals surface area contributed by atoms with E-state index in [0.29, 0.717) is 0 Å². The lowest BCUT2D eigenvalue weighted by Crippen LogP contribution is -2.67. The van der Waals surface area contributed by atoms with E-state index in [4.69, 9.17) is 9.47 Å². The third-order valence-electron chi connectivity index (χ3n) is 6.62. The van der Waals surface area contributed by atoms with Crippen LogP contribution in [-0.4, -0.2) is 68.0 Å². The van der Waals surface area contributed by atoms with E-state index < -0.39 is 6.36 Å². The molecule has 29 heavy (non-hydrogen) atoms. The Morgan fingerprint density at radius 3 is 2.59 bits per heavy atom. The Balaban J connectivity index is 1.66. The van der Waals surface area contributed by atoms with Crippen molar-refractivity contribution in [3.63, 3.8) is 0 Å². The number of hydrogen-bond acceptors (Lipinski definition) is 5. The molecule has 0 aromatic heterocycles. The third kappa shape index (κ3) is 4.26. The Labute approximate surface area is 169 Å². The Morgan fingerprint density at radius 2 is 1.90 bits per heavy atom. The molecule has 8 heteroatoms. The monoisotopic (exact) mass is 414 g/mol. The van der Waals surface area contributed by atoms with E-state index in [9.17, 15) is 13.2 Å². The highest BCUT2D eigenvalue weighted by atomic mass is 19.4. The molecule has 2 saturated heterocycles. The van der Waals surface area contributed by atoms with Crippen molar-refractivity contribution in [1.29, 1.82) is 0 Å². The summed E-state index contributed by atoms with van der Waals surface area (Å²) in [7, 11) is 3.73. The zero-order valence-electron chi connectivity index (χ0n) is 17.0. The smallest absolute Gasteiger partial charge is 0.406 e. The molecule has 1 saturated carbocycles. The summed E-state index contributed by atoms with van der Waals surface area (Å²) in [6.07, 6.45) is 0.102. The van der Waals surface area contributed by atoms with Crippen LogP contribution in [0.3, 0.4) is 0 Å². The van der Waals surface area contributed by atoms with Crippen molar-refractivity contribution in [3.8, 4) is 5.75 Å². The van der Waals surface area contributed by atoms with Crippen LogP contribution >= 0.6 is 0 Å². The minimum atomic E-state index is -4.70. The van der Waals surface area contributed by atoms with Gasteiger partial charge in [0.2, 0.25) is 0 Å². The molecule has 3 fully saturated rings. The maximum Gasteiger partial charge on any atom is 0.573 e. The van der Waals surface area contributed by atoms with Crippen LogP contribution in [0.4, 0.5) is 13.2 Å². The average molecular weight is 414 g/mol. The van der Waals surface area contributed by atoms with Crippen molar-refractivity contribution in [2.75, 3.05) is 33.8 Å². The molecule has 0 N–H and O–H groups in total. The van der Waals surface area contributed by atoms with Crippen molar-refractivity contribution in [3.05, 3.63) is 29.8 Å². The highest BCUT2D eigenvalue weighted by Gasteiger charge is 2.52. The van der Waals surface area contributed by atoms with Crippen molar-refractivity contribution < 1.29 is 27.4 Å². The molecule has 5 nitrogen and oxygen atoms in total. The van der Waals surface area contributed by atoms with E-state index in [1.807, 2.05) is 13.1 Å². The highest BCUT2D eigenvalue weighted by molar-refractivity contribution is 5.34. The number of alkyl halides is 3. The molecule has 162 valence electrons. The molecule has 1 aliphatic carbocycles. The Kier molecular flexibility index (Phi) is 5.81. The van der Waals surface area contributed by atoms with E-state index in [2.05, 4.69) is 14.5 Å². The molecule has 0 bridgehead atoms. The number of hydrogen-bond donors (Lipinski definition) is 0. The highest BCUT2D eigenvalue weighted by Crippen LogP contribution is 2.48. The minimum Gasteiger partial charge on any atom is -0.406 e. The Morgan fingerprint density at radius 1 is 1.14 bits per heavy atom. The number of ether oxygens (including phenoxy) is 3. The maximum atomic E-state index is 12.7. The first-order chi connectivity index (χ1) is 13.8. The van der Waals surface area contributed by atoms with Crippen LogP contribution in [0.1, 0.15) is 43.6 Å². The summed E-state index contributed by atoms with van der Waals surface area (Å²) in [6.45, 7) is 2.44. The summed E-state index contributed by atoms with van der Waals surface area (Å²) < 4.78 is 54.9. The largest absolute Gasteiger partial charge is 0.573 e. The van der Waals surface area contributed by atoms with E-state index in [0.717, 1.165) is 57.3 Å². The number of methoxy groups -OCH3 is 1. The fourth-order valence-electron chi connectivity index (χ4n) is 5.24. The van der Waals surface area contributed by atoms with Gasteiger partial charge in [0, 0.05) is 32.7 Å². The molecule has 1 aromatic carbocycles. The molecule has 2 aliphatic heterocycles. The van der Waals surface area contributed by atoms with Gasteiger partial charge in [0.1, 0.15) is 12.0 Å². The normalized spacial score (nSPS) is 30.9. The van der Waals surface area contributed by atoms with Gasteiger partial charge >= 0.3 is 6.36 Å². The SMILES string of the molecule is CO[C@H]1[C@H]2OC3(CCCCC3)[C@@H](c3cccc(OC(F)(F)F)c3)CN2CCN1C. The summed E-state index contributed by atoms with van der Waals surface area (Å²) in [6, 6.07) is 6.43. The van der Waals surface area contributed by atoms with Gasteiger partial charge in [-0.05, 0) is 37.6 Å². The van der Waals surface area contributed by atoms with E-state index >= 15 is 0 Å². The summed E-state index contributed by atoms with van der Waals surface area (Å²) in [5.41, 5.74) is 0.464. The summed E-state index contributed by atoms with van der Waals surface area (Å²) in [5.74, 6) is -0.173. The molecule has 1 aromatic rings. The first kappa shape index (κ1) is 20.9. The molecule has 3 aliphatic rings. The van der Waals surface area contributed by atoms with E-state index in [1.54, 1.807) is 13.2 Å². The lowest BCUT2D eigenvalue weighted by Gasteiger charge is -2.57. The summed E-state index contributed by atoms with van der Waals surface area (Å²) in [4.78, 5) is 4.44. The van der Waals surface area contributed by atoms with Crippen molar-refractivity contribution in [2.45, 2.75) is 62.4 Å². The van der Waals surface area contributed by atoms with Crippen molar-refractivity contribution >= 4 is 0 Å². The lowest BCUT2D eigenvalue weighted by molar-refractivity contribution is -0.288. The van der Waals surface area contributed by atoms with Gasteiger partial charge in [-0.3, -0.25) is 9.80 Å². The van der Waals surface area contributed by atoms with Crippen molar-refractivity contribution in [1.82, 2.24) is 9.80 Å². The maximum absolute atomic E-state index is 12.7. The Bertz CT molecular complexity index is 709. The number of fused-ring (bicyclic) bond motifs is 1. The van der Waals surface area contributed by atoms with E-state index in [1.165, 1.54) is 12.1 Å². The summed E-state index contributed by atoms with van der Waals surface area (Å²) >= 11 is 0. The first-order valence-corrected chi connectivity index (χ1v) is 10.3. The molecule has 1 spiro atoms. The molecule has 0 unspecified atom stereocenters. The first-order valence-electron chi connectivity index (χ1n) is 10.3. The molecule has 0 amide bonds. The topological polar surface area (TPSA) is 34.2 Å². The predicted octanol–water partition coefficient (Wildman–Crippen LogP) is 3.95. The van der Waals surface area contributed by atoms with Gasteiger partial charge in [0.15, 0.2) is 6.23 Å². The van der Waals surface area contributed by atoms with Gasteiger partial charge in [0.05, 0.1) is 5.60 Å². The van der Waals surface area contributed by atoms with Crippen LogP contribution in [0.15, 0.2) is 24.3 Å². The van der Waals surface area contributed by atoms with Gasteiger partial charge in [-0.2, -0.15) is 0 Å².